The lowest BCUT2D eigenvalue weighted by Crippen LogP contribution is -2.22. The fourth-order valence-corrected chi connectivity index (χ4v) is 2.02. The quantitative estimate of drug-likeness (QED) is 0.851. The van der Waals surface area contributed by atoms with Crippen molar-refractivity contribution in [2.75, 3.05) is 18.0 Å². The van der Waals surface area contributed by atoms with E-state index < -0.39 is 0 Å². The molecule has 0 spiro atoms. The predicted octanol–water partition coefficient (Wildman–Crippen LogP) is 2.89. The average Bonchev–Trinajstić information content (AvgIpc) is 2.69. The van der Waals surface area contributed by atoms with Crippen LogP contribution in [-0.4, -0.2) is 18.1 Å². The molecule has 1 aromatic carbocycles. The van der Waals surface area contributed by atoms with Crippen LogP contribution in [-0.2, 0) is 0 Å². The Morgan fingerprint density at radius 1 is 1.25 bits per heavy atom. The third-order valence-corrected chi connectivity index (χ3v) is 2.88. The Kier molecular flexibility index (Phi) is 2.82. The van der Waals surface area contributed by atoms with E-state index in [0.29, 0.717) is 0 Å². The van der Waals surface area contributed by atoms with Crippen LogP contribution in [0.4, 0.5) is 5.82 Å². The number of nitrogens with one attached hydrogen (secondary N) is 1. The first-order chi connectivity index (χ1) is 7.81. The second-order valence-electron chi connectivity index (χ2n) is 3.68. The minimum absolute atomic E-state index is 0.749. The molecule has 1 N–H and O–H groups in total. The maximum absolute atomic E-state index is 9.25. The molecule has 0 bridgehead atoms. The summed E-state index contributed by atoms with van der Waals surface area (Å²) in [5.41, 5.74) is 1.78. The van der Waals surface area contributed by atoms with Crippen LogP contribution in [0, 0.1) is 11.3 Å². The van der Waals surface area contributed by atoms with Gasteiger partial charge in [-0.3, -0.25) is 0 Å². The van der Waals surface area contributed by atoms with Crippen LogP contribution in [0.25, 0.3) is 10.9 Å². The van der Waals surface area contributed by atoms with Gasteiger partial charge in [-0.25, -0.2) is 0 Å². The lowest BCUT2D eigenvalue weighted by Gasteiger charge is -2.19. The zero-order chi connectivity index (χ0) is 11.5. The summed E-state index contributed by atoms with van der Waals surface area (Å²) in [6, 6.07) is 10.2. The van der Waals surface area contributed by atoms with E-state index in [-0.39, 0.29) is 0 Å². The average molecular weight is 213 g/mol. The molecule has 0 saturated carbocycles. The van der Waals surface area contributed by atoms with Gasteiger partial charge < -0.3 is 9.88 Å². The lowest BCUT2D eigenvalue weighted by atomic mass is 10.2. The maximum Gasteiger partial charge on any atom is 0.125 e. The molecule has 2 rings (SSSR count). The molecule has 16 heavy (non-hydrogen) atoms. The van der Waals surface area contributed by atoms with E-state index in [1.54, 1.807) is 0 Å². The number of para-hydroxylation sites is 1. The van der Waals surface area contributed by atoms with Crippen molar-refractivity contribution in [1.29, 1.82) is 5.26 Å². The van der Waals surface area contributed by atoms with Crippen molar-refractivity contribution in [2.24, 2.45) is 0 Å². The van der Waals surface area contributed by atoms with E-state index in [0.717, 1.165) is 35.4 Å². The lowest BCUT2D eigenvalue weighted by molar-refractivity contribution is 0.851. The van der Waals surface area contributed by atoms with Crippen molar-refractivity contribution in [3.05, 3.63) is 29.8 Å². The summed E-state index contributed by atoms with van der Waals surface area (Å²) in [6.07, 6.45) is 0. The fourth-order valence-electron chi connectivity index (χ4n) is 2.02. The summed E-state index contributed by atoms with van der Waals surface area (Å²) in [7, 11) is 0. The molecule has 0 fully saturated rings. The predicted molar refractivity (Wildman–Crippen MR) is 66.6 cm³/mol. The number of nitrogens with zero attached hydrogens (tertiary/aromatic N) is 2. The maximum atomic E-state index is 9.25. The molecular weight excluding hydrogens is 198 g/mol. The molecule has 3 heteroatoms. The number of H-pyrrole nitrogens is 1. The Morgan fingerprint density at radius 3 is 2.56 bits per heavy atom. The molecule has 1 heterocycles. The van der Waals surface area contributed by atoms with Crippen LogP contribution < -0.4 is 4.90 Å². The molecule has 0 amide bonds. The van der Waals surface area contributed by atoms with Gasteiger partial charge in [0.05, 0.1) is 0 Å². The number of anilines is 1. The second kappa shape index (κ2) is 4.28. The van der Waals surface area contributed by atoms with Gasteiger partial charge in [-0.2, -0.15) is 5.26 Å². The van der Waals surface area contributed by atoms with Gasteiger partial charge in [0.2, 0.25) is 0 Å². The van der Waals surface area contributed by atoms with E-state index in [4.69, 9.17) is 0 Å². The van der Waals surface area contributed by atoms with Crippen molar-refractivity contribution in [3.8, 4) is 6.07 Å². The van der Waals surface area contributed by atoms with Crippen LogP contribution in [0.3, 0.4) is 0 Å². The molecule has 0 aliphatic rings. The molecule has 0 saturated heterocycles. The van der Waals surface area contributed by atoms with Crippen LogP contribution in [0.15, 0.2) is 24.3 Å². The number of nitriles is 1. The van der Waals surface area contributed by atoms with Gasteiger partial charge >= 0.3 is 0 Å². The molecule has 0 radical (unpaired) electrons. The van der Waals surface area contributed by atoms with E-state index in [1.807, 2.05) is 24.3 Å². The van der Waals surface area contributed by atoms with Crippen LogP contribution >= 0.6 is 0 Å². The topological polar surface area (TPSA) is 42.8 Å². The monoisotopic (exact) mass is 213 g/mol. The number of fused-ring (bicyclic) bond motifs is 1. The normalized spacial score (nSPS) is 10.3. The first kappa shape index (κ1) is 10.6. The van der Waals surface area contributed by atoms with Gasteiger partial charge in [0.25, 0.3) is 0 Å². The Hall–Kier alpha value is -1.95. The summed E-state index contributed by atoms with van der Waals surface area (Å²) in [5.74, 6) is 0.939. The highest BCUT2D eigenvalue weighted by atomic mass is 15.2. The Balaban J connectivity index is 2.66. The van der Waals surface area contributed by atoms with E-state index in [2.05, 4.69) is 29.8 Å². The Labute approximate surface area is 95.3 Å². The largest absolute Gasteiger partial charge is 0.358 e. The number of benzene rings is 1. The number of aromatic nitrogens is 1. The summed E-state index contributed by atoms with van der Waals surface area (Å²) in [5, 5.41) is 10.3. The molecule has 1 aromatic heterocycles. The van der Waals surface area contributed by atoms with Crippen LogP contribution in [0.2, 0.25) is 0 Å². The summed E-state index contributed by atoms with van der Waals surface area (Å²) < 4.78 is 0. The highest BCUT2D eigenvalue weighted by Gasteiger charge is 2.14. The van der Waals surface area contributed by atoms with E-state index in [1.165, 1.54) is 0 Å². The van der Waals surface area contributed by atoms with E-state index in [9.17, 15) is 5.26 Å². The van der Waals surface area contributed by atoms with Crippen LogP contribution in [0.1, 0.15) is 19.4 Å². The zero-order valence-corrected chi connectivity index (χ0v) is 9.62. The molecule has 3 nitrogen and oxygen atoms in total. The Morgan fingerprint density at radius 2 is 1.94 bits per heavy atom. The fraction of sp³-hybridized carbons (Fsp3) is 0.308. The minimum atomic E-state index is 0.749. The Bertz CT molecular complexity index is 530. The number of rotatable bonds is 3. The van der Waals surface area contributed by atoms with Gasteiger partial charge in [-0.15, -0.1) is 0 Å². The SMILES string of the molecule is CCN(CC)c1[nH]c2ccccc2c1C#N. The second-order valence-corrected chi connectivity index (χ2v) is 3.68. The standard InChI is InChI=1S/C13H15N3/c1-3-16(4-2)13-11(9-14)10-7-5-6-8-12(10)15-13/h5-8,15H,3-4H2,1-2H3. The van der Waals surface area contributed by atoms with Crippen molar-refractivity contribution >= 4 is 16.7 Å². The zero-order valence-electron chi connectivity index (χ0n) is 9.62. The number of aromatic amines is 1. The van der Waals surface area contributed by atoms with Crippen molar-refractivity contribution in [2.45, 2.75) is 13.8 Å². The molecule has 2 aromatic rings. The van der Waals surface area contributed by atoms with E-state index >= 15 is 0 Å². The summed E-state index contributed by atoms with van der Waals surface area (Å²) >= 11 is 0. The summed E-state index contributed by atoms with van der Waals surface area (Å²) in [4.78, 5) is 5.49. The number of hydrogen-bond acceptors (Lipinski definition) is 2. The van der Waals surface area contributed by atoms with Gasteiger partial charge in [0, 0.05) is 24.0 Å². The van der Waals surface area contributed by atoms with Gasteiger partial charge in [0.1, 0.15) is 17.5 Å². The molecule has 0 aliphatic carbocycles. The smallest absolute Gasteiger partial charge is 0.125 e. The molecule has 0 atom stereocenters. The van der Waals surface area contributed by atoms with Crippen molar-refractivity contribution < 1.29 is 0 Å². The van der Waals surface area contributed by atoms with Gasteiger partial charge in [0.15, 0.2) is 0 Å². The minimum Gasteiger partial charge on any atom is -0.358 e. The third-order valence-electron chi connectivity index (χ3n) is 2.88. The van der Waals surface area contributed by atoms with Crippen LogP contribution in [0.5, 0.6) is 0 Å². The van der Waals surface area contributed by atoms with Crippen molar-refractivity contribution in [3.63, 3.8) is 0 Å². The first-order valence-electron chi connectivity index (χ1n) is 5.57. The molecular formula is C13H15N3. The van der Waals surface area contributed by atoms with Crippen molar-refractivity contribution in [1.82, 2.24) is 4.98 Å². The highest BCUT2D eigenvalue weighted by Crippen LogP contribution is 2.27. The van der Waals surface area contributed by atoms with Gasteiger partial charge in [-0.1, -0.05) is 18.2 Å². The molecule has 82 valence electrons. The molecule has 0 unspecified atom stereocenters. The first-order valence-corrected chi connectivity index (χ1v) is 5.57. The third kappa shape index (κ3) is 1.53. The highest BCUT2D eigenvalue weighted by molar-refractivity contribution is 5.91. The van der Waals surface area contributed by atoms with Gasteiger partial charge in [-0.05, 0) is 19.9 Å². The number of hydrogen-bond donors (Lipinski definition) is 1. The molecule has 0 aliphatic heterocycles. The summed E-state index contributed by atoms with van der Waals surface area (Å²) in [6.45, 7) is 5.99.